The third-order valence-electron chi connectivity index (χ3n) is 3.52. The number of rotatable bonds is 3. The largest absolute Gasteiger partial charge is 0.365 e. The standard InChI is InChI=1S/C13H18O4/c1-4-8-14-13-7-5-6-9(13)15-11-10(13)16-12(2,3)17-11/h4-6,9-11H,1,7-8H2,2-3H3/t9-,10+,11-,13-/m1/s1. The van der Waals surface area contributed by atoms with Crippen LogP contribution in [0.5, 0.6) is 0 Å². The van der Waals surface area contributed by atoms with Crippen molar-refractivity contribution in [3.8, 4) is 0 Å². The van der Waals surface area contributed by atoms with Gasteiger partial charge in [0.15, 0.2) is 12.1 Å². The molecule has 4 heteroatoms. The summed E-state index contributed by atoms with van der Waals surface area (Å²) in [6.45, 7) is 7.98. The summed E-state index contributed by atoms with van der Waals surface area (Å²) in [4.78, 5) is 0. The third-order valence-corrected chi connectivity index (χ3v) is 3.52. The van der Waals surface area contributed by atoms with Crippen LogP contribution in [0, 0.1) is 0 Å². The predicted molar refractivity (Wildman–Crippen MR) is 61.3 cm³/mol. The quantitative estimate of drug-likeness (QED) is 0.702. The molecule has 94 valence electrons. The molecule has 0 aromatic heterocycles. The normalized spacial score (nSPS) is 45.9. The molecular weight excluding hydrogens is 220 g/mol. The molecule has 3 rings (SSSR count). The highest BCUT2D eigenvalue weighted by Gasteiger charge is 2.64. The smallest absolute Gasteiger partial charge is 0.190 e. The first-order valence-corrected chi connectivity index (χ1v) is 6.00. The van der Waals surface area contributed by atoms with Crippen LogP contribution in [0.25, 0.3) is 0 Å². The van der Waals surface area contributed by atoms with Crippen LogP contribution in [0.1, 0.15) is 20.3 Å². The molecule has 0 amide bonds. The van der Waals surface area contributed by atoms with Crippen molar-refractivity contribution in [3.05, 3.63) is 24.8 Å². The zero-order valence-corrected chi connectivity index (χ0v) is 10.2. The van der Waals surface area contributed by atoms with Gasteiger partial charge in [-0.1, -0.05) is 18.2 Å². The van der Waals surface area contributed by atoms with Crippen molar-refractivity contribution in [2.24, 2.45) is 0 Å². The summed E-state index contributed by atoms with van der Waals surface area (Å²) in [5.41, 5.74) is -0.438. The van der Waals surface area contributed by atoms with Crippen molar-refractivity contribution in [2.45, 2.75) is 50.2 Å². The van der Waals surface area contributed by atoms with Crippen molar-refractivity contribution in [3.63, 3.8) is 0 Å². The molecular formula is C13H18O4. The fourth-order valence-electron chi connectivity index (χ4n) is 2.84. The Hall–Kier alpha value is -0.680. The SMILES string of the molecule is C=CCO[C@]12CC=C[C@H]1O[C@@H]1OC(C)(C)O[C@@H]12. The summed E-state index contributed by atoms with van der Waals surface area (Å²) in [5, 5.41) is 0. The topological polar surface area (TPSA) is 36.9 Å². The van der Waals surface area contributed by atoms with E-state index in [1.807, 2.05) is 19.9 Å². The Balaban J connectivity index is 1.86. The van der Waals surface area contributed by atoms with E-state index < -0.39 is 11.4 Å². The van der Waals surface area contributed by atoms with Crippen LogP contribution in [0.2, 0.25) is 0 Å². The van der Waals surface area contributed by atoms with Gasteiger partial charge in [0.2, 0.25) is 0 Å². The van der Waals surface area contributed by atoms with Gasteiger partial charge in [0.1, 0.15) is 17.8 Å². The van der Waals surface area contributed by atoms with Crippen LogP contribution in [0.15, 0.2) is 24.8 Å². The van der Waals surface area contributed by atoms with Gasteiger partial charge in [-0.2, -0.15) is 0 Å². The minimum absolute atomic E-state index is 0.0754. The van der Waals surface area contributed by atoms with Crippen LogP contribution in [-0.4, -0.2) is 36.5 Å². The second kappa shape index (κ2) is 3.65. The van der Waals surface area contributed by atoms with Crippen LogP contribution in [-0.2, 0) is 18.9 Å². The molecule has 2 heterocycles. The fraction of sp³-hybridized carbons (Fsp3) is 0.692. The average molecular weight is 238 g/mol. The Morgan fingerprint density at radius 1 is 1.47 bits per heavy atom. The Morgan fingerprint density at radius 2 is 2.29 bits per heavy atom. The van der Waals surface area contributed by atoms with Gasteiger partial charge in [0.25, 0.3) is 0 Å². The van der Waals surface area contributed by atoms with Crippen molar-refractivity contribution in [1.82, 2.24) is 0 Å². The zero-order valence-electron chi connectivity index (χ0n) is 10.2. The second-order valence-corrected chi connectivity index (χ2v) is 5.17. The summed E-state index contributed by atoms with van der Waals surface area (Å²) in [6.07, 6.45) is 6.08. The van der Waals surface area contributed by atoms with Gasteiger partial charge < -0.3 is 18.9 Å². The van der Waals surface area contributed by atoms with Crippen LogP contribution >= 0.6 is 0 Å². The number of hydrogen-bond donors (Lipinski definition) is 0. The van der Waals surface area contributed by atoms with Crippen molar-refractivity contribution in [2.75, 3.05) is 6.61 Å². The van der Waals surface area contributed by atoms with E-state index in [4.69, 9.17) is 18.9 Å². The molecule has 0 radical (unpaired) electrons. The van der Waals surface area contributed by atoms with Crippen molar-refractivity contribution < 1.29 is 18.9 Å². The maximum Gasteiger partial charge on any atom is 0.190 e. The minimum Gasteiger partial charge on any atom is -0.365 e. The first kappa shape index (κ1) is 11.4. The molecule has 0 aromatic carbocycles. The predicted octanol–water partition coefficient (Wildman–Crippen LogP) is 1.76. The van der Waals surface area contributed by atoms with Crippen LogP contribution < -0.4 is 0 Å². The summed E-state index contributed by atoms with van der Waals surface area (Å²) < 4.78 is 23.5. The summed E-state index contributed by atoms with van der Waals surface area (Å²) in [6, 6.07) is 0. The van der Waals surface area contributed by atoms with Crippen molar-refractivity contribution in [1.29, 1.82) is 0 Å². The highest BCUT2D eigenvalue weighted by molar-refractivity contribution is 5.21. The van der Waals surface area contributed by atoms with E-state index in [0.717, 1.165) is 6.42 Å². The Bertz CT molecular complexity index is 362. The van der Waals surface area contributed by atoms with E-state index in [2.05, 4.69) is 12.7 Å². The molecule has 0 spiro atoms. The first-order valence-electron chi connectivity index (χ1n) is 6.00. The lowest BCUT2D eigenvalue weighted by Gasteiger charge is -2.33. The van der Waals surface area contributed by atoms with Gasteiger partial charge in [-0.05, 0) is 13.8 Å². The highest BCUT2D eigenvalue weighted by atomic mass is 16.8. The molecule has 2 saturated heterocycles. The molecule has 0 N–H and O–H groups in total. The van der Waals surface area contributed by atoms with Gasteiger partial charge in [-0.15, -0.1) is 6.58 Å². The van der Waals surface area contributed by atoms with Crippen LogP contribution in [0.4, 0.5) is 0 Å². The lowest BCUT2D eigenvalue weighted by atomic mass is 9.93. The average Bonchev–Trinajstić information content (AvgIpc) is 2.84. The molecule has 0 aromatic rings. The molecule has 1 aliphatic carbocycles. The number of fused-ring (bicyclic) bond motifs is 3. The summed E-state index contributed by atoms with van der Waals surface area (Å²) in [7, 11) is 0. The van der Waals surface area contributed by atoms with Gasteiger partial charge in [0, 0.05) is 6.42 Å². The number of ether oxygens (including phenoxy) is 4. The number of hydrogen-bond acceptors (Lipinski definition) is 4. The Morgan fingerprint density at radius 3 is 3.06 bits per heavy atom. The van der Waals surface area contributed by atoms with Gasteiger partial charge in [-0.3, -0.25) is 0 Å². The molecule has 0 bridgehead atoms. The van der Waals surface area contributed by atoms with Gasteiger partial charge in [0.05, 0.1) is 6.61 Å². The fourth-order valence-corrected chi connectivity index (χ4v) is 2.84. The molecule has 2 fully saturated rings. The van der Waals surface area contributed by atoms with E-state index in [0.29, 0.717) is 6.61 Å². The van der Waals surface area contributed by atoms with E-state index in [-0.39, 0.29) is 18.5 Å². The van der Waals surface area contributed by atoms with Gasteiger partial charge >= 0.3 is 0 Å². The van der Waals surface area contributed by atoms with E-state index in [1.54, 1.807) is 6.08 Å². The highest BCUT2D eigenvalue weighted by Crippen LogP contribution is 2.49. The lowest BCUT2D eigenvalue weighted by Crippen LogP contribution is -2.48. The Kier molecular flexibility index (Phi) is 2.45. The third kappa shape index (κ3) is 1.59. The van der Waals surface area contributed by atoms with E-state index >= 15 is 0 Å². The molecule has 2 aliphatic heterocycles. The van der Waals surface area contributed by atoms with E-state index in [9.17, 15) is 0 Å². The summed E-state index contributed by atoms with van der Waals surface area (Å²) >= 11 is 0. The van der Waals surface area contributed by atoms with Gasteiger partial charge in [-0.25, -0.2) is 0 Å². The summed E-state index contributed by atoms with van der Waals surface area (Å²) in [5.74, 6) is -0.604. The zero-order chi connectivity index (χ0) is 12.1. The maximum atomic E-state index is 5.96. The Labute approximate surface area is 101 Å². The van der Waals surface area contributed by atoms with E-state index in [1.165, 1.54) is 0 Å². The molecule has 4 atom stereocenters. The van der Waals surface area contributed by atoms with Crippen molar-refractivity contribution >= 4 is 0 Å². The maximum absolute atomic E-state index is 5.96. The van der Waals surface area contributed by atoms with Crippen LogP contribution in [0.3, 0.4) is 0 Å². The second-order valence-electron chi connectivity index (χ2n) is 5.17. The molecule has 3 aliphatic rings. The molecule has 17 heavy (non-hydrogen) atoms. The lowest BCUT2D eigenvalue weighted by molar-refractivity contribution is -0.225. The minimum atomic E-state index is -0.604. The monoisotopic (exact) mass is 238 g/mol. The molecule has 0 unspecified atom stereocenters. The molecule has 0 saturated carbocycles. The first-order chi connectivity index (χ1) is 8.07. The molecule has 4 nitrogen and oxygen atoms in total.